The fourth-order valence-corrected chi connectivity index (χ4v) is 3.67. The third-order valence-electron chi connectivity index (χ3n) is 5.24. The molecular formula is C26H43NO11. The molecule has 0 aliphatic heterocycles. The minimum Gasteiger partial charge on any atom is -0.462 e. The zero-order valence-electron chi connectivity index (χ0n) is 23.4. The number of unbranched alkanes of at least 4 members (excludes halogenated alkanes) is 7. The maximum absolute atomic E-state index is 13.1. The zero-order valence-corrected chi connectivity index (χ0v) is 23.4. The highest BCUT2D eigenvalue weighted by molar-refractivity contribution is 5.84. The van der Waals surface area contributed by atoms with Gasteiger partial charge in [0.15, 0.2) is 18.3 Å². The average molecular weight is 546 g/mol. The quantitative estimate of drug-likeness (QED) is 0.144. The molecule has 0 heterocycles. The lowest BCUT2D eigenvalue weighted by Crippen LogP contribution is -2.57. The maximum Gasteiger partial charge on any atom is 0.303 e. The van der Waals surface area contributed by atoms with Gasteiger partial charge in [-0.15, -0.1) is 0 Å². The molecule has 12 heteroatoms. The van der Waals surface area contributed by atoms with Crippen molar-refractivity contribution < 1.29 is 52.5 Å². The normalized spacial score (nSPS) is 13.7. The second-order valence-electron chi connectivity index (χ2n) is 8.89. The molecule has 0 aliphatic rings. The van der Waals surface area contributed by atoms with E-state index in [1.165, 1.54) is 19.3 Å². The van der Waals surface area contributed by atoms with Gasteiger partial charge in [-0.2, -0.15) is 0 Å². The summed E-state index contributed by atoms with van der Waals surface area (Å²) >= 11 is 0. The first-order valence-electron chi connectivity index (χ1n) is 13.0. The van der Waals surface area contributed by atoms with E-state index in [0.29, 0.717) is 6.42 Å². The van der Waals surface area contributed by atoms with E-state index in [0.717, 1.165) is 60.3 Å². The number of esters is 5. The molecule has 0 aromatic carbocycles. The second kappa shape index (κ2) is 19.9. The summed E-state index contributed by atoms with van der Waals surface area (Å²) in [6, 6.07) is 0. The molecule has 0 saturated carbocycles. The number of rotatable bonds is 19. The van der Waals surface area contributed by atoms with E-state index >= 15 is 0 Å². The highest BCUT2D eigenvalue weighted by Gasteiger charge is 2.46. The number of hydrogen-bond acceptors (Lipinski definition) is 11. The van der Waals surface area contributed by atoms with Crippen LogP contribution in [0.4, 0.5) is 0 Å². The third-order valence-corrected chi connectivity index (χ3v) is 5.24. The van der Waals surface area contributed by atoms with Crippen LogP contribution in [0.3, 0.4) is 0 Å². The molecule has 0 aromatic rings. The van der Waals surface area contributed by atoms with Crippen LogP contribution in [-0.2, 0) is 52.5 Å². The van der Waals surface area contributed by atoms with Crippen LogP contribution in [0.2, 0.25) is 0 Å². The molecule has 38 heavy (non-hydrogen) atoms. The standard InChI is InChI=1S/C26H43NO11/c1-7-8-9-10-11-12-13-14-15-27-26(33)25(38-21(6)32)24(37-20(5)31)23(36-19(4)30)22(35-18(3)29)16-34-17(2)28/h22-25H,7-16H2,1-6H3,(H,27,33)/t22-,23-,24-,25-/m1/s1. The van der Waals surface area contributed by atoms with E-state index in [4.69, 9.17) is 23.7 Å². The van der Waals surface area contributed by atoms with Crippen molar-refractivity contribution in [1.29, 1.82) is 0 Å². The Morgan fingerprint density at radius 1 is 0.579 bits per heavy atom. The third kappa shape index (κ3) is 16.5. The van der Waals surface area contributed by atoms with Crippen LogP contribution in [0.5, 0.6) is 0 Å². The topological polar surface area (TPSA) is 161 Å². The molecule has 0 rings (SSSR count). The zero-order chi connectivity index (χ0) is 29.1. The van der Waals surface area contributed by atoms with E-state index < -0.39 is 66.8 Å². The van der Waals surface area contributed by atoms with Crippen molar-refractivity contribution in [2.24, 2.45) is 0 Å². The van der Waals surface area contributed by atoms with Gasteiger partial charge in [0.2, 0.25) is 6.10 Å². The van der Waals surface area contributed by atoms with Gasteiger partial charge < -0.3 is 29.0 Å². The van der Waals surface area contributed by atoms with Gasteiger partial charge in [-0.25, -0.2) is 0 Å². The van der Waals surface area contributed by atoms with Gasteiger partial charge >= 0.3 is 29.8 Å². The SMILES string of the molecule is CCCCCCCCCCNC(=O)[C@H](OC(C)=O)[C@H](OC(C)=O)[C@H](OC(C)=O)[C@@H](COC(C)=O)OC(C)=O. The first kappa shape index (κ1) is 34.8. The number of hydrogen-bond donors (Lipinski definition) is 1. The number of carbonyl (C=O) groups excluding carboxylic acids is 6. The van der Waals surface area contributed by atoms with Gasteiger partial charge in [0.1, 0.15) is 6.61 Å². The average Bonchev–Trinajstić information content (AvgIpc) is 2.80. The molecule has 0 unspecified atom stereocenters. The number of nitrogens with one attached hydrogen (secondary N) is 1. The maximum atomic E-state index is 13.1. The van der Waals surface area contributed by atoms with Gasteiger partial charge in [-0.1, -0.05) is 51.9 Å². The lowest BCUT2D eigenvalue weighted by molar-refractivity contribution is -0.203. The monoisotopic (exact) mass is 545 g/mol. The molecule has 1 N–H and O–H groups in total. The predicted molar refractivity (Wildman–Crippen MR) is 134 cm³/mol. The van der Waals surface area contributed by atoms with Gasteiger partial charge in [0, 0.05) is 41.2 Å². The molecule has 0 saturated heterocycles. The van der Waals surface area contributed by atoms with E-state index in [-0.39, 0.29) is 6.54 Å². The summed E-state index contributed by atoms with van der Waals surface area (Å²) in [5.74, 6) is -5.01. The van der Waals surface area contributed by atoms with E-state index in [1.807, 2.05) is 0 Å². The second-order valence-corrected chi connectivity index (χ2v) is 8.89. The number of ether oxygens (including phenoxy) is 5. The first-order valence-corrected chi connectivity index (χ1v) is 13.0. The summed E-state index contributed by atoms with van der Waals surface area (Å²) in [5.41, 5.74) is 0. The predicted octanol–water partition coefficient (Wildman–Crippen LogP) is 2.53. The Balaban J connectivity index is 5.77. The fraction of sp³-hybridized carbons (Fsp3) is 0.769. The first-order chi connectivity index (χ1) is 17.9. The van der Waals surface area contributed by atoms with Gasteiger partial charge in [0.25, 0.3) is 5.91 Å². The summed E-state index contributed by atoms with van der Waals surface area (Å²) in [6.07, 6.45) is 1.78. The molecule has 0 fully saturated rings. The number of amides is 1. The van der Waals surface area contributed by atoms with E-state index in [1.54, 1.807) is 0 Å². The molecule has 0 aliphatic carbocycles. The van der Waals surface area contributed by atoms with Crippen LogP contribution in [-0.4, -0.2) is 73.3 Å². The minimum absolute atomic E-state index is 0.261. The highest BCUT2D eigenvalue weighted by atomic mass is 16.6. The van der Waals surface area contributed by atoms with E-state index in [9.17, 15) is 28.8 Å². The lowest BCUT2D eigenvalue weighted by atomic mass is 10.0. The largest absolute Gasteiger partial charge is 0.462 e. The molecule has 4 atom stereocenters. The van der Waals surface area contributed by atoms with Gasteiger partial charge in [-0.05, 0) is 6.42 Å². The van der Waals surface area contributed by atoms with Crippen molar-refractivity contribution in [1.82, 2.24) is 5.32 Å². The Morgan fingerprint density at radius 3 is 1.53 bits per heavy atom. The molecule has 0 bridgehead atoms. The summed E-state index contributed by atoms with van der Waals surface area (Å²) in [6.45, 7) is 7.12. The smallest absolute Gasteiger partial charge is 0.303 e. The van der Waals surface area contributed by atoms with Crippen LogP contribution in [0.25, 0.3) is 0 Å². The van der Waals surface area contributed by atoms with Crippen LogP contribution in [0.1, 0.15) is 92.9 Å². The molecule has 1 amide bonds. The Bertz CT molecular complexity index is 783. The minimum atomic E-state index is -1.76. The van der Waals surface area contributed by atoms with Crippen molar-refractivity contribution >= 4 is 35.8 Å². The fourth-order valence-electron chi connectivity index (χ4n) is 3.67. The molecule has 0 aromatic heterocycles. The van der Waals surface area contributed by atoms with Gasteiger partial charge in [-0.3, -0.25) is 28.8 Å². The Kier molecular flexibility index (Phi) is 18.2. The Morgan fingerprint density at radius 2 is 1.05 bits per heavy atom. The van der Waals surface area contributed by atoms with Crippen LogP contribution >= 0.6 is 0 Å². The van der Waals surface area contributed by atoms with Crippen molar-refractivity contribution in [3.8, 4) is 0 Å². The van der Waals surface area contributed by atoms with Crippen LogP contribution in [0, 0.1) is 0 Å². The van der Waals surface area contributed by atoms with Crippen molar-refractivity contribution in [2.45, 2.75) is 117 Å². The Hall–Kier alpha value is -3.18. The molecule has 218 valence electrons. The van der Waals surface area contributed by atoms with Crippen LogP contribution < -0.4 is 5.32 Å². The molecule has 12 nitrogen and oxygen atoms in total. The summed E-state index contributed by atoms with van der Waals surface area (Å²) in [4.78, 5) is 72.0. The summed E-state index contributed by atoms with van der Waals surface area (Å²) in [7, 11) is 0. The van der Waals surface area contributed by atoms with Crippen molar-refractivity contribution in [3.63, 3.8) is 0 Å². The highest BCUT2D eigenvalue weighted by Crippen LogP contribution is 2.20. The number of carbonyl (C=O) groups is 6. The molecular weight excluding hydrogens is 502 g/mol. The van der Waals surface area contributed by atoms with E-state index in [2.05, 4.69) is 12.2 Å². The summed E-state index contributed by atoms with van der Waals surface area (Å²) < 4.78 is 25.8. The molecule has 0 radical (unpaired) electrons. The van der Waals surface area contributed by atoms with Gasteiger partial charge in [0.05, 0.1) is 0 Å². The summed E-state index contributed by atoms with van der Waals surface area (Å²) in [5, 5.41) is 2.65. The lowest BCUT2D eigenvalue weighted by Gasteiger charge is -2.34. The Labute approximate surface area is 224 Å². The van der Waals surface area contributed by atoms with Crippen molar-refractivity contribution in [2.75, 3.05) is 13.2 Å². The molecule has 0 spiro atoms. The van der Waals surface area contributed by atoms with Crippen LogP contribution in [0.15, 0.2) is 0 Å². The van der Waals surface area contributed by atoms with Crippen molar-refractivity contribution in [3.05, 3.63) is 0 Å².